The maximum atomic E-state index is 12.5. The molecule has 1 saturated heterocycles. The fraction of sp³-hybridized carbons (Fsp3) is 0.523. The van der Waals surface area contributed by atoms with Gasteiger partial charge in [-0.3, -0.25) is 10.1 Å². The number of piperidine rings is 1. The third kappa shape index (κ3) is 9.33. The van der Waals surface area contributed by atoms with Crippen LogP contribution in [0.1, 0.15) is 73.1 Å². The summed E-state index contributed by atoms with van der Waals surface area (Å²) in [5.74, 6) is 1.57. The van der Waals surface area contributed by atoms with Crippen LogP contribution < -0.4 is 15.0 Å². The van der Waals surface area contributed by atoms with Gasteiger partial charge in [0.2, 0.25) is 5.95 Å². The molecule has 0 unspecified atom stereocenters. The van der Waals surface area contributed by atoms with Gasteiger partial charge < -0.3 is 38.0 Å². The van der Waals surface area contributed by atoms with E-state index in [0.29, 0.717) is 65.0 Å². The van der Waals surface area contributed by atoms with Crippen LogP contribution >= 0.6 is 0 Å². The van der Waals surface area contributed by atoms with Crippen LogP contribution in [-0.4, -0.2) is 91.7 Å². The number of benzene rings is 2. The van der Waals surface area contributed by atoms with Gasteiger partial charge in [0.05, 0.1) is 41.1 Å². The molecule has 0 saturated carbocycles. The minimum atomic E-state index is -1.97. The monoisotopic (exact) mass is 826 g/mol. The summed E-state index contributed by atoms with van der Waals surface area (Å²) in [6.45, 7) is 16.3. The summed E-state index contributed by atoms with van der Waals surface area (Å²) in [4.78, 5) is 31.2. The minimum absolute atomic E-state index is 0.0118. The van der Waals surface area contributed by atoms with Crippen LogP contribution in [0.3, 0.4) is 0 Å². The van der Waals surface area contributed by atoms with E-state index < -0.39 is 8.32 Å². The van der Waals surface area contributed by atoms with Crippen molar-refractivity contribution in [3.05, 3.63) is 70.9 Å². The number of aromatic nitrogens is 4. The number of nitrogens with zero attached hydrogens (tertiary/aromatic N) is 7. The Hall–Kier alpha value is -4.83. The van der Waals surface area contributed by atoms with Crippen LogP contribution in [0.25, 0.3) is 33.6 Å². The number of hydrogen-bond donors (Lipinski definition) is 1. The molecule has 0 amide bonds. The first-order valence-electron chi connectivity index (χ1n) is 20.9. The van der Waals surface area contributed by atoms with Crippen LogP contribution in [0.4, 0.5) is 23.0 Å². The summed E-state index contributed by atoms with van der Waals surface area (Å²) >= 11 is 0. The number of nitrogens with one attached hydrogen (secondary N) is 1. The van der Waals surface area contributed by atoms with Gasteiger partial charge in [-0.1, -0.05) is 53.7 Å². The summed E-state index contributed by atoms with van der Waals surface area (Å²) in [6, 6.07) is 13.5. The highest BCUT2D eigenvalue weighted by Crippen LogP contribution is 2.43. The molecule has 14 nitrogen and oxygen atoms in total. The van der Waals surface area contributed by atoms with Gasteiger partial charge in [0.15, 0.2) is 8.32 Å². The Bertz CT molecular complexity index is 2170. The molecule has 1 N–H and O–H groups in total. The molecule has 1 fully saturated rings. The Kier molecular flexibility index (Phi) is 14.1. The number of hydrogen-bond acceptors (Lipinski definition) is 12. The molecule has 6 rings (SSSR count). The molecule has 4 heterocycles. The third-order valence-corrected chi connectivity index (χ3v) is 18.2. The van der Waals surface area contributed by atoms with Gasteiger partial charge in [-0.2, -0.15) is 0 Å². The molecule has 3 aromatic heterocycles. The van der Waals surface area contributed by atoms with Gasteiger partial charge in [-0.25, -0.2) is 15.0 Å². The highest BCUT2D eigenvalue weighted by molar-refractivity contribution is 6.77. The van der Waals surface area contributed by atoms with Crippen molar-refractivity contribution in [3.8, 4) is 28.4 Å². The van der Waals surface area contributed by atoms with Crippen molar-refractivity contribution in [1.29, 1.82) is 0 Å². The third-order valence-electron chi connectivity index (χ3n) is 12.1. The topological polar surface area (TPSA) is 146 Å². The average molecular weight is 827 g/mol. The lowest BCUT2D eigenvalue weighted by molar-refractivity contribution is -0.384. The molecular formula is C44H62N8O6Si. The van der Waals surface area contributed by atoms with Crippen LogP contribution in [0.5, 0.6) is 5.75 Å². The fourth-order valence-electron chi connectivity index (χ4n) is 9.17. The number of methoxy groups -OCH3 is 2. The molecule has 15 heteroatoms. The fourth-order valence-corrected chi connectivity index (χ4v) is 14.7. The summed E-state index contributed by atoms with van der Waals surface area (Å²) in [5, 5.41) is 16.7. The first-order valence-corrected chi connectivity index (χ1v) is 23.0. The molecule has 1 aliphatic heterocycles. The number of anilines is 3. The second-order valence-electron chi connectivity index (χ2n) is 16.7. The zero-order valence-corrected chi connectivity index (χ0v) is 37.4. The van der Waals surface area contributed by atoms with Crippen molar-refractivity contribution in [1.82, 2.24) is 24.4 Å². The Morgan fingerprint density at radius 2 is 1.71 bits per heavy atom. The standard InChI is InChI=1S/C44H62N8O6Si/c1-29(2)59(30(3)4,31(5)6)58-23-12-11-13-41-48-42(33-15-14-32-19-24-57-39(32)25-33)43(51(41)28-55-9)35-16-20-45-44(46-35)47-36-26-38(52(53)54)37(27-40(36)56-10)50-21-17-34(18-22-50)49(7)8/h14-16,19-20,24-27,29-31,34H,11-13,17-18,21-23,28H2,1-10H3,(H,45,46,47). The lowest BCUT2D eigenvalue weighted by Crippen LogP contribution is -2.47. The Morgan fingerprint density at radius 1 is 0.983 bits per heavy atom. The van der Waals surface area contributed by atoms with Crippen molar-refractivity contribution in [2.24, 2.45) is 0 Å². The van der Waals surface area contributed by atoms with Crippen molar-refractivity contribution >= 4 is 42.3 Å². The van der Waals surface area contributed by atoms with Crippen molar-refractivity contribution < 1.29 is 23.2 Å². The van der Waals surface area contributed by atoms with Gasteiger partial charge in [0, 0.05) is 68.5 Å². The van der Waals surface area contributed by atoms with E-state index >= 15 is 0 Å². The van der Waals surface area contributed by atoms with E-state index in [1.165, 1.54) is 6.07 Å². The number of imidazole rings is 1. The zero-order chi connectivity index (χ0) is 42.4. The molecule has 59 heavy (non-hydrogen) atoms. The average Bonchev–Trinajstić information content (AvgIpc) is 3.83. The predicted octanol–water partition coefficient (Wildman–Crippen LogP) is 10.1. The molecule has 1 aliphatic rings. The number of nitro groups is 1. The summed E-state index contributed by atoms with van der Waals surface area (Å²) in [7, 11) is 5.41. The number of ether oxygens (including phenoxy) is 2. The largest absolute Gasteiger partial charge is 0.494 e. The number of nitro benzene ring substituents is 1. The molecule has 2 aromatic carbocycles. The van der Waals surface area contributed by atoms with Gasteiger partial charge in [-0.05, 0) is 74.6 Å². The summed E-state index contributed by atoms with van der Waals surface area (Å²) in [5.41, 5.74) is 6.22. The van der Waals surface area contributed by atoms with E-state index in [1.807, 2.05) is 30.3 Å². The highest BCUT2D eigenvalue weighted by Gasteiger charge is 2.44. The summed E-state index contributed by atoms with van der Waals surface area (Å²) < 4.78 is 26.4. The van der Waals surface area contributed by atoms with Crippen LogP contribution in [0, 0.1) is 10.1 Å². The van der Waals surface area contributed by atoms with E-state index in [0.717, 1.165) is 66.0 Å². The van der Waals surface area contributed by atoms with E-state index in [1.54, 1.807) is 32.7 Å². The van der Waals surface area contributed by atoms with E-state index in [2.05, 4.69) is 80.3 Å². The zero-order valence-electron chi connectivity index (χ0n) is 36.4. The van der Waals surface area contributed by atoms with Crippen molar-refractivity contribution in [2.45, 2.75) is 103 Å². The normalized spacial score (nSPS) is 14.1. The number of fused-ring (bicyclic) bond motifs is 1. The van der Waals surface area contributed by atoms with E-state index in [4.69, 9.17) is 28.3 Å². The van der Waals surface area contributed by atoms with Crippen LogP contribution in [0.15, 0.2) is 59.3 Å². The Morgan fingerprint density at radius 3 is 2.36 bits per heavy atom. The molecule has 5 aromatic rings. The second-order valence-corrected chi connectivity index (χ2v) is 22.2. The molecule has 318 valence electrons. The molecule has 0 aliphatic carbocycles. The van der Waals surface area contributed by atoms with Gasteiger partial charge in [-0.15, -0.1) is 0 Å². The lowest BCUT2D eigenvalue weighted by Gasteiger charge is -2.42. The number of rotatable bonds is 19. The number of aryl methyl sites for hydroxylation is 1. The van der Waals surface area contributed by atoms with E-state index in [9.17, 15) is 10.1 Å². The summed E-state index contributed by atoms with van der Waals surface area (Å²) in [6.07, 6.45) is 7.68. The predicted molar refractivity (Wildman–Crippen MR) is 237 cm³/mol. The Balaban J connectivity index is 1.33. The van der Waals surface area contributed by atoms with Gasteiger partial charge in [0.1, 0.15) is 29.6 Å². The number of unbranched alkanes of at least 4 members (excludes halogenated alkanes) is 1. The van der Waals surface area contributed by atoms with Crippen molar-refractivity contribution in [2.75, 3.05) is 58.2 Å². The minimum Gasteiger partial charge on any atom is -0.494 e. The number of furan rings is 1. The molecule has 0 atom stereocenters. The van der Waals surface area contributed by atoms with Crippen LogP contribution in [0.2, 0.25) is 16.6 Å². The molecule has 0 spiro atoms. The smallest absolute Gasteiger partial charge is 0.294 e. The Labute approximate surface area is 349 Å². The van der Waals surface area contributed by atoms with Crippen LogP contribution in [-0.2, 0) is 22.3 Å². The van der Waals surface area contributed by atoms with Gasteiger partial charge in [0.25, 0.3) is 5.69 Å². The molecule has 0 radical (unpaired) electrons. The first kappa shape index (κ1) is 43.7. The highest BCUT2D eigenvalue weighted by atomic mass is 28.4. The second kappa shape index (κ2) is 19.0. The first-order chi connectivity index (χ1) is 28.3. The SMILES string of the molecule is COCn1c(CCCCO[Si](C(C)C)(C(C)C)C(C)C)nc(-c2ccc3ccoc3c2)c1-c1ccnc(Nc2cc([N+](=O)[O-])c(N3CCC(N(C)C)CC3)cc2OC)n1. The quantitative estimate of drug-likeness (QED) is 0.0366. The maximum absolute atomic E-state index is 12.5. The van der Waals surface area contributed by atoms with Gasteiger partial charge >= 0.3 is 0 Å². The maximum Gasteiger partial charge on any atom is 0.294 e. The molecule has 0 bridgehead atoms. The molecular weight excluding hydrogens is 765 g/mol. The van der Waals surface area contributed by atoms with E-state index in [-0.39, 0.29) is 23.3 Å². The van der Waals surface area contributed by atoms with Crippen molar-refractivity contribution in [3.63, 3.8) is 0 Å². The lowest BCUT2D eigenvalue weighted by atomic mass is 10.0.